The Morgan fingerprint density at radius 3 is 1.31 bits per heavy atom. The predicted octanol–water partition coefficient (Wildman–Crippen LogP) is 7.33. The third-order valence-corrected chi connectivity index (χ3v) is 5.81. The first-order valence-electron chi connectivity index (χ1n) is 11.8. The van der Waals surface area contributed by atoms with Crippen molar-refractivity contribution in [2.75, 3.05) is 21.3 Å². The summed E-state index contributed by atoms with van der Waals surface area (Å²) in [6, 6.07) is 26.8. The first kappa shape index (κ1) is 23.5. The summed E-state index contributed by atoms with van der Waals surface area (Å²) in [7, 11) is 0. The molecular formula is C28H38N4. The molecular weight excluding hydrogens is 392 g/mol. The van der Waals surface area contributed by atoms with E-state index in [9.17, 15) is 0 Å². The van der Waals surface area contributed by atoms with Gasteiger partial charge in [0.15, 0.2) is 0 Å². The fourth-order valence-corrected chi connectivity index (χ4v) is 3.40. The smallest absolute Gasteiger partial charge is 0.0400 e. The van der Waals surface area contributed by atoms with Crippen molar-refractivity contribution in [3.63, 3.8) is 0 Å². The van der Waals surface area contributed by atoms with Crippen LogP contribution in [0.5, 0.6) is 0 Å². The highest BCUT2D eigenvalue weighted by Crippen LogP contribution is 2.18. The summed E-state index contributed by atoms with van der Waals surface area (Å²) in [6.45, 7) is 10.4. The van der Waals surface area contributed by atoms with Crippen molar-refractivity contribution >= 4 is 22.7 Å². The summed E-state index contributed by atoms with van der Waals surface area (Å²) in [5.74, 6) is 0. The Hall–Kier alpha value is -3.14. The van der Waals surface area contributed by atoms with E-state index < -0.39 is 0 Å². The molecule has 0 fully saturated rings. The molecule has 0 aliphatic rings. The van der Waals surface area contributed by atoms with Crippen molar-refractivity contribution in [3.8, 4) is 0 Å². The van der Waals surface area contributed by atoms with E-state index in [-0.39, 0.29) is 0 Å². The summed E-state index contributed by atoms with van der Waals surface area (Å²) in [4.78, 5) is 0. The highest BCUT2D eigenvalue weighted by atomic mass is 14.9. The molecule has 3 aromatic rings. The number of rotatable bonds is 12. The van der Waals surface area contributed by atoms with E-state index in [1.807, 2.05) is 0 Å². The van der Waals surface area contributed by atoms with Crippen LogP contribution in [0.25, 0.3) is 0 Å². The second-order valence-electron chi connectivity index (χ2n) is 8.59. The van der Waals surface area contributed by atoms with Crippen LogP contribution < -0.4 is 21.3 Å². The average molecular weight is 431 g/mol. The number of hydrogen-bond donors (Lipinski definition) is 4. The van der Waals surface area contributed by atoms with Crippen LogP contribution in [0, 0.1) is 0 Å². The van der Waals surface area contributed by atoms with E-state index in [1.165, 1.54) is 22.5 Å². The molecule has 0 heterocycles. The fourth-order valence-electron chi connectivity index (χ4n) is 3.40. The number of hydrogen-bond acceptors (Lipinski definition) is 4. The maximum Gasteiger partial charge on any atom is 0.0400 e. The van der Waals surface area contributed by atoms with Crippen LogP contribution in [0.4, 0.5) is 22.7 Å². The minimum Gasteiger partial charge on any atom is -0.383 e. The van der Waals surface area contributed by atoms with Gasteiger partial charge >= 0.3 is 0 Å². The van der Waals surface area contributed by atoms with Gasteiger partial charge < -0.3 is 21.3 Å². The quantitative estimate of drug-likeness (QED) is 0.243. The largest absolute Gasteiger partial charge is 0.383 e. The first-order valence-corrected chi connectivity index (χ1v) is 11.8. The minimum atomic E-state index is 0.490. The molecule has 0 radical (unpaired) electrons. The highest BCUT2D eigenvalue weighted by molar-refractivity contribution is 5.55. The second-order valence-corrected chi connectivity index (χ2v) is 8.59. The zero-order valence-corrected chi connectivity index (χ0v) is 19.9. The van der Waals surface area contributed by atoms with E-state index in [4.69, 9.17) is 0 Å². The van der Waals surface area contributed by atoms with E-state index in [0.717, 1.165) is 37.3 Å². The van der Waals surface area contributed by atoms with Crippen LogP contribution in [0.15, 0.2) is 72.8 Å². The Morgan fingerprint density at radius 1 is 0.562 bits per heavy atom. The Morgan fingerprint density at radius 2 is 0.938 bits per heavy atom. The van der Waals surface area contributed by atoms with Crippen molar-refractivity contribution in [2.24, 2.45) is 0 Å². The Balaban J connectivity index is 1.49. The van der Waals surface area contributed by atoms with Crippen LogP contribution in [-0.2, 0) is 13.1 Å². The molecule has 4 heteroatoms. The lowest BCUT2D eigenvalue weighted by Gasteiger charge is -2.14. The molecule has 4 N–H and O–H groups in total. The number of anilines is 4. The zero-order chi connectivity index (χ0) is 22.8. The summed E-state index contributed by atoms with van der Waals surface area (Å²) < 4.78 is 0. The minimum absolute atomic E-state index is 0.490. The van der Waals surface area contributed by atoms with E-state index in [2.05, 4.69) is 122 Å². The fraction of sp³-hybridized carbons (Fsp3) is 0.357. The Kier molecular flexibility index (Phi) is 8.85. The van der Waals surface area contributed by atoms with Crippen LogP contribution >= 0.6 is 0 Å². The molecule has 0 bridgehead atoms. The monoisotopic (exact) mass is 430 g/mol. The molecule has 0 aliphatic carbocycles. The van der Waals surface area contributed by atoms with Crippen molar-refractivity contribution in [1.82, 2.24) is 0 Å². The maximum atomic E-state index is 3.53. The molecule has 0 spiro atoms. The van der Waals surface area contributed by atoms with Crippen molar-refractivity contribution in [1.29, 1.82) is 0 Å². The van der Waals surface area contributed by atoms with Gasteiger partial charge in [-0.3, -0.25) is 0 Å². The van der Waals surface area contributed by atoms with Gasteiger partial charge in [-0.05, 0) is 86.3 Å². The summed E-state index contributed by atoms with van der Waals surface area (Å²) in [5.41, 5.74) is 7.16. The van der Waals surface area contributed by atoms with Gasteiger partial charge in [0.2, 0.25) is 0 Å². The summed E-state index contributed by atoms with van der Waals surface area (Å²) >= 11 is 0. The Labute approximate surface area is 193 Å². The van der Waals surface area contributed by atoms with Gasteiger partial charge in [-0.15, -0.1) is 0 Å². The van der Waals surface area contributed by atoms with E-state index >= 15 is 0 Å². The lowest BCUT2D eigenvalue weighted by atomic mass is 10.1. The second kappa shape index (κ2) is 12.0. The van der Waals surface area contributed by atoms with Crippen molar-refractivity contribution < 1.29 is 0 Å². The van der Waals surface area contributed by atoms with Crippen LogP contribution in [0.3, 0.4) is 0 Å². The predicted molar refractivity (Wildman–Crippen MR) is 141 cm³/mol. The average Bonchev–Trinajstić information content (AvgIpc) is 2.83. The first-order chi connectivity index (χ1) is 15.6. The van der Waals surface area contributed by atoms with Crippen molar-refractivity contribution in [2.45, 2.75) is 65.7 Å². The van der Waals surface area contributed by atoms with E-state index in [1.54, 1.807) is 0 Å². The SMILES string of the molecule is CCC(C)Nc1ccc(NCc2cccc(CNc3ccc(NC(C)CC)cc3)c2)cc1. The van der Waals surface area contributed by atoms with Gasteiger partial charge in [0.1, 0.15) is 0 Å². The van der Waals surface area contributed by atoms with Crippen molar-refractivity contribution in [3.05, 3.63) is 83.9 Å². The molecule has 32 heavy (non-hydrogen) atoms. The van der Waals surface area contributed by atoms with Gasteiger partial charge in [0, 0.05) is 47.9 Å². The topological polar surface area (TPSA) is 48.1 Å². The van der Waals surface area contributed by atoms with Crippen LogP contribution in [0.2, 0.25) is 0 Å². The van der Waals surface area contributed by atoms with Crippen LogP contribution in [-0.4, -0.2) is 12.1 Å². The molecule has 2 unspecified atom stereocenters. The van der Waals surface area contributed by atoms with Gasteiger partial charge in [-0.2, -0.15) is 0 Å². The van der Waals surface area contributed by atoms with Gasteiger partial charge in [0.05, 0.1) is 0 Å². The molecule has 3 rings (SSSR count). The molecule has 0 saturated carbocycles. The molecule has 0 aliphatic heterocycles. The summed E-state index contributed by atoms with van der Waals surface area (Å²) in [5, 5.41) is 14.1. The lowest BCUT2D eigenvalue weighted by Crippen LogP contribution is -2.13. The number of nitrogens with one attached hydrogen (secondary N) is 4. The van der Waals surface area contributed by atoms with Crippen LogP contribution in [0.1, 0.15) is 51.7 Å². The number of benzene rings is 3. The summed E-state index contributed by atoms with van der Waals surface area (Å²) in [6.07, 6.45) is 2.23. The van der Waals surface area contributed by atoms with Gasteiger partial charge in [0.25, 0.3) is 0 Å². The molecule has 2 atom stereocenters. The molecule has 170 valence electrons. The van der Waals surface area contributed by atoms with Gasteiger partial charge in [-0.1, -0.05) is 38.1 Å². The standard InChI is InChI=1S/C28H38N4/c1-5-21(3)31-27-14-10-25(11-15-27)29-19-23-8-7-9-24(18-23)20-30-26-12-16-28(17-13-26)32-22(4)6-2/h7-18,21-22,29-32H,5-6,19-20H2,1-4H3. The third-order valence-electron chi connectivity index (χ3n) is 5.81. The Bertz CT molecular complexity index is 860. The van der Waals surface area contributed by atoms with Gasteiger partial charge in [-0.25, -0.2) is 0 Å². The molecule has 0 saturated heterocycles. The zero-order valence-electron chi connectivity index (χ0n) is 19.9. The third kappa shape index (κ3) is 7.52. The molecule has 3 aromatic carbocycles. The molecule has 4 nitrogen and oxygen atoms in total. The molecule has 0 aromatic heterocycles. The highest BCUT2D eigenvalue weighted by Gasteiger charge is 2.02. The lowest BCUT2D eigenvalue weighted by molar-refractivity contribution is 0.764. The maximum absolute atomic E-state index is 3.53. The molecule has 0 amide bonds. The normalized spacial score (nSPS) is 12.6. The van der Waals surface area contributed by atoms with E-state index in [0.29, 0.717) is 12.1 Å².